The molecule has 1 atom stereocenters. The van der Waals surface area contributed by atoms with Crippen LogP contribution in [0.15, 0.2) is 9.59 Å². The maximum Gasteiger partial charge on any atom is 0.325 e. The van der Waals surface area contributed by atoms with Gasteiger partial charge in [-0.25, -0.2) is 17.5 Å². The number of hydrogen-bond acceptors (Lipinski definition) is 5. The quantitative estimate of drug-likeness (QED) is 0.602. The molecule has 2 rings (SSSR count). The largest absolute Gasteiger partial charge is 0.355 e. The summed E-state index contributed by atoms with van der Waals surface area (Å²) in [6.07, 6.45) is 2.64. The van der Waals surface area contributed by atoms with E-state index in [4.69, 9.17) is 0 Å². The number of rotatable bonds is 5. The lowest BCUT2D eigenvalue weighted by atomic mass is 9.99. The fraction of sp³-hybridized carbons (Fsp3) is 0.643. The monoisotopic (exact) mass is 358 g/mol. The predicted molar refractivity (Wildman–Crippen MR) is 88.3 cm³/mol. The van der Waals surface area contributed by atoms with Gasteiger partial charge in [0.05, 0.1) is 12.7 Å². The van der Waals surface area contributed by atoms with Crippen molar-refractivity contribution in [2.75, 3.05) is 25.9 Å². The van der Waals surface area contributed by atoms with Gasteiger partial charge in [-0.3, -0.25) is 14.6 Å². The minimum absolute atomic E-state index is 0.0485. The zero-order chi connectivity index (χ0) is 17.9. The van der Waals surface area contributed by atoms with Crippen LogP contribution >= 0.6 is 0 Å². The maximum atomic E-state index is 12.0. The molecule has 1 fully saturated rings. The minimum Gasteiger partial charge on any atom is -0.355 e. The molecule has 1 amide bonds. The van der Waals surface area contributed by atoms with Crippen molar-refractivity contribution in [3.63, 3.8) is 0 Å². The van der Waals surface area contributed by atoms with Gasteiger partial charge in [0, 0.05) is 30.9 Å². The molecule has 1 unspecified atom stereocenters. The number of carbonyl (C=O) groups excluding carboxylic acids is 1. The van der Waals surface area contributed by atoms with Crippen LogP contribution in [0.4, 0.5) is 0 Å². The molecule has 0 aliphatic carbocycles. The third-order valence-electron chi connectivity index (χ3n) is 4.13. The van der Waals surface area contributed by atoms with E-state index in [1.165, 1.54) is 10.6 Å². The summed E-state index contributed by atoms with van der Waals surface area (Å²) in [5.41, 5.74) is -0.606. The topological polar surface area (TPSA) is 132 Å². The first kappa shape index (κ1) is 18.4. The first-order valence-corrected chi connectivity index (χ1v) is 9.55. The van der Waals surface area contributed by atoms with E-state index in [0.29, 0.717) is 25.3 Å². The zero-order valence-electron chi connectivity index (χ0n) is 13.7. The second-order valence-corrected chi connectivity index (χ2v) is 8.10. The van der Waals surface area contributed by atoms with Crippen LogP contribution in [0.2, 0.25) is 0 Å². The predicted octanol–water partition coefficient (Wildman–Crippen LogP) is -1.30. The number of carbonyl (C=O) groups is 1. The van der Waals surface area contributed by atoms with Gasteiger partial charge in [0.2, 0.25) is 15.9 Å². The molecule has 1 aliphatic rings. The van der Waals surface area contributed by atoms with E-state index >= 15 is 0 Å². The van der Waals surface area contributed by atoms with E-state index in [-0.39, 0.29) is 23.8 Å². The summed E-state index contributed by atoms with van der Waals surface area (Å²) in [6, 6.07) is 0. The molecule has 1 aliphatic heterocycles. The lowest BCUT2D eigenvalue weighted by Crippen LogP contribution is -2.43. The molecule has 0 aromatic carbocycles. The van der Waals surface area contributed by atoms with E-state index < -0.39 is 21.3 Å². The standard InChI is InChI=1S/C14H22N4O5S/c1-9-11(13(20)17-14(21)16-9)6-12(19)15-7-10-4-3-5-18(8-10)24(2,22)23/h10H,3-8H2,1-2H3,(H,15,19)(H2,16,17,20,21). The fourth-order valence-electron chi connectivity index (χ4n) is 2.81. The molecule has 10 heteroatoms. The number of nitrogens with zero attached hydrogens (tertiary/aromatic N) is 1. The first-order chi connectivity index (χ1) is 11.2. The van der Waals surface area contributed by atoms with Crippen LogP contribution in [0.1, 0.15) is 24.1 Å². The van der Waals surface area contributed by atoms with Gasteiger partial charge in [0.25, 0.3) is 5.56 Å². The number of piperidine rings is 1. The van der Waals surface area contributed by atoms with Gasteiger partial charge in [0.1, 0.15) is 0 Å². The fourth-order valence-corrected chi connectivity index (χ4v) is 3.76. The molecule has 24 heavy (non-hydrogen) atoms. The molecule has 3 N–H and O–H groups in total. The smallest absolute Gasteiger partial charge is 0.325 e. The van der Waals surface area contributed by atoms with Gasteiger partial charge in [-0.15, -0.1) is 0 Å². The normalized spacial score (nSPS) is 19.2. The van der Waals surface area contributed by atoms with Crippen LogP contribution in [-0.4, -0.2) is 54.5 Å². The number of aromatic nitrogens is 2. The van der Waals surface area contributed by atoms with Crippen molar-refractivity contribution < 1.29 is 13.2 Å². The number of sulfonamides is 1. The second kappa shape index (κ2) is 7.31. The Morgan fingerprint density at radius 1 is 1.33 bits per heavy atom. The Hall–Kier alpha value is -1.94. The summed E-state index contributed by atoms with van der Waals surface area (Å²) in [5.74, 6) is -0.292. The number of H-pyrrole nitrogens is 2. The first-order valence-electron chi connectivity index (χ1n) is 7.70. The molecule has 1 aromatic rings. The molecule has 0 bridgehead atoms. The van der Waals surface area contributed by atoms with Crippen molar-refractivity contribution in [2.45, 2.75) is 26.2 Å². The Bertz CT molecular complexity index is 826. The molecule has 0 radical (unpaired) electrons. The lowest BCUT2D eigenvalue weighted by Gasteiger charge is -2.30. The van der Waals surface area contributed by atoms with Crippen molar-refractivity contribution >= 4 is 15.9 Å². The van der Waals surface area contributed by atoms with Gasteiger partial charge >= 0.3 is 5.69 Å². The van der Waals surface area contributed by atoms with Crippen molar-refractivity contribution in [3.05, 3.63) is 32.1 Å². The van der Waals surface area contributed by atoms with E-state index in [0.717, 1.165) is 12.8 Å². The third-order valence-corrected chi connectivity index (χ3v) is 5.40. The molecule has 1 aromatic heterocycles. The Labute approximate surface area is 139 Å². The second-order valence-electron chi connectivity index (χ2n) is 6.12. The Morgan fingerprint density at radius 2 is 2.04 bits per heavy atom. The number of hydrogen-bond donors (Lipinski definition) is 3. The van der Waals surface area contributed by atoms with E-state index in [1.807, 2.05) is 0 Å². The van der Waals surface area contributed by atoms with Gasteiger partial charge in [0.15, 0.2) is 0 Å². The van der Waals surface area contributed by atoms with Gasteiger partial charge < -0.3 is 10.3 Å². The van der Waals surface area contributed by atoms with Gasteiger partial charge in [-0.05, 0) is 25.7 Å². The van der Waals surface area contributed by atoms with Crippen LogP contribution < -0.4 is 16.6 Å². The van der Waals surface area contributed by atoms with E-state index in [1.54, 1.807) is 6.92 Å². The van der Waals surface area contributed by atoms with Crippen molar-refractivity contribution in [1.29, 1.82) is 0 Å². The summed E-state index contributed by atoms with van der Waals surface area (Å²) in [4.78, 5) is 39.4. The average molecular weight is 358 g/mol. The molecular formula is C14H22N4O5S. The molecule has 0 spiro atoms. The van der Waals surface area contributed by atoms with Crippen molar-refractivity contribution in [1.82, 2.24) is 19.6 Å². The summed E-state index contributed by atoms with van der Waals surface area (Å²) in [6.45, 7) is 2.81. The number of aryl methyl sites for hydroxylation is 1. The number of amides is 1. The van der Waals surface area contributed by atoms with E-state index in [9.17, 15) is 22.8 Å². The SMILES string of the molecule is Cc1[nH]c(=O)[nH]c(=O)c1CC(=O)NCC1CCCN(S(C)(=O)=O)C1. The van der Waals surface area contributed by atoms with Crippen molar-refractivity contribution in [2.24, 2.45) is 5.92 Å². The zero-order valence-corrected chi connectivity index (χ0v) is 14.5. The van der Waals surface area contributed by atoms with Crippen LogP contribution in [0.5, 0.6) is 0 Å². The molecule has 9 nitrogen and oxygen atoms in total. The molecule has 2 heterocycles. The summed E-state index contributed by atoms with van der Waals surface area (Å²) in [5, 5.41) is 2.74. The number of nitrogens with one attached hydrogen (secondary N) is 3. The highest BCUT2D eigenvalue weighted by Gasteiger charge is 2.26. The Kier molecular flexibility index (Phi) is 5.60. The van der Waals surface area contributed by atoms with Crippen LogP contribution in [0.25, 0.3) is 0 Å². The van der Waals surface area contributed by atoms with Crippen LogP contribution in [-0.2, 0) is 21.2 Å². The summed E-state index contributed by atoms with van der Waals surface area (Å²) >= 11 is 0. The van der Waals surface area contributed by atoms with E-state index in [2.05, 4.69) is 15.3 Å². The van der Waals surface area contributed by atoms with Gasteiger partial charge in [-0.2, -0.15) is 0 Å². The molecular weight excluding hydrogens is 336 g/mol. The Morgan fingerprint density at radius 3 is 2.67 bits per heavy atom. The Balaban J connectivity index is 1.92. The molecule has 1 saturated heterocycles. The molecule has 0 saturated carbocycles. The maximum absolute atomic E-state index is 12.0. The van der Waals surface area contributed by atoms with Gasteiger partial charge in [-0.1, -0.05) is 0 Å². The summed E-state index contributed by atoms with van der Waals surface area (Å²) < 4.78 is 24.6. The average Bonchev–Trinajstić information content (AvgIpc) is 2.48. The minimum atomic E-state index is -3.22. The lowest BCUT2D eigenvalue weighted by molar-refractivity contribution is -0.120. The van der Waals surface area contributed by atoms with Crippen LogP contribution in [0.3, 0.4) is 0 Å². The third kappa shape index (κ3) is 4.78. The highest BCUT2D eigenvalue weighted by atomic mass is 32.2. The highest BCUT2D eigenvalue weighted by molar-refractivity contribution is 7.88. The molecule has 134 valence electrons. The van der Waals surface area contributed by atoms with Crippen molar-refractivity contribution in [3.8, 4) is 0 Å². The highest BCUT2D eigenvalue weighted by Crippen LogP contribution is 2.17. The van der Waals surface area contributed by atoms with Crippen LogP contribution in [0, 0.1) is 12.8 Å². The number of aromatic amines is 2. The summed E-state index contributed by atoms with van der Waals surface area (Å²) in [7, 11) is -3.22.